The fourth-order valence-corrected chi connectivity index (χ4v) is 6.93. The zero-order chi connectivity index (χ0) is 23.6. The summed E-state index contributed by atoms with van der Waals surface area (Å²) in [6, 6.07) is 15.3. The van der Waals surface area contributed by atoms with Gasteiger partial charge in [0.15, 0.2) is 0 Å². The third-order valence-corrected chi connectivity index (χ3v) is 8.75. The van der Waals surface area contributed by atoms with Gasteiger partial charge in [-0.3, -0.25) is 18.8 Å². The molecule has 3 aromatic rings. The molecule has 2 N–H and O–H groups in total. The zero-order valence-corrected chi connectivity index (χ0v) is 20.2. The maximum atomic E-state index is 13.7. The quantitative estimate of drug-likeness (QED) is 0.636. The van der Waals surface area contributed by atoms with Crippen LogP contribution in [0.2, 0.25) is 0 Å². The summed E-state index contributed by atoms with van der Waals surface area (Å²) in [4.78, 5) is 28.5. The van der Waals surface area contributed by atoms with Crippen LogP contribution in [0, 0.1) is 0 Å². The Morgan fingerprint density at radius 2 is 1.74 bits per heavy atom. The molecule has 0 spiro atoms. The third kappa shape index (κ3) is 3.11. The highest BCUT2D eigenvalue weighted by Crippen LogP contribution is 2.50. The second-order valence-electron chi connectivity index (χ2n) is 10.9. The molecule has 3 aliphatic rings. The second kappa shape index (κ2) is 7.84. The van der Waals surface area contributed by atoms with Crippen molar-refractivity contribution in [3.63, 3.8) is 0 Å². The molecule has 0 bridgehead atoms. The Bertz CT molecular complexity index is 1330. The fraction of sp³-hybridized carbons (Fsp3) is 0.500. The van der Waals surface area contributed by atoms with E-state index in [1.807, 2.05) is 28.8 Å². The molecule has 6 nitrogen and oxygen atoms in total. The van der Waals surface area contributed by atoms with E-state index >= 15 is 0 Å². The minimum atomic E-state index is -1.09. The minimum absolute atomic E-state index is 0.122. The van der Waals surface area contributed by atoms with Gasteiger partial charge in [0.25, 0.3) is 0 Å². The van der Waals surface area contributed by atoms with Crippen LogP contribution in [0.5, 0.6) is 0 Å². The second-order valence-corrected chi connectivity index (χ2v) is 10.9. The van der Waals surface area contributed by atoms with E-state index in [0.29, 0.717) is 6.04 Å². The van der Waals surface area contributed by atoms with Gasteiger partial charge in [-0.2, -0.15) is 0 Å². The maximum absolute atomic E-state index is 13.7. The van der Waals surface area contributed by atoms with Crippen molar-refractivity contribution >= 4 is 16.9 Å². The van der Waals surface area contributed by atoms with Crippen molar-refractivity contribution < 1.29 is 4.79 Å². The molecule has 2 aromatic carbocycles. The summed E-state index contributed by atoms with van der Waals surface area (Å²) >= 11 is 0. The minimum Gasteiger partial charge on any atom is -0.368 e. The van der Waals surface area contributed by atoms with Crippen LogP contribution < -0.4 is 11.4 Å². The van der Waals surface area contributed by atoms with Gasteiger partial charge >= 0.3 is 5.69 Å². The first-order valence-corrected chi connectivity index (χ1v) is 12.8. The molecular weight excluding hydrogens is 424 g/mol. The molecular formula is C28H34N4O2. The topological polar surface area (TPSA) is 73.3 Å². The van der Waals surface area contributed by atoms with Crippen LogP contribution in [0.15, 0.2) is 47.3 Å². The summed E-state index contributed by atoms with van der Waals surface area (Å²) in [5.41, 5.74) is 10.9. The van der Waals surface area contributed by atoms with Gasteiger partial charge < -0.3 is 5.73 Å². The molecule has 1 aliphatic heterocycles. The smallest absolute Gasteiger partial charge is 0.330 e. The number of fused-ring (bicyclic) bond motifs is 1. The molecule has 0 radical (unpaired) electrons. The number of carbonyl (C=O) groups excluding carboxylic acids is 1. The van der Waals surface area contributed by atoms with E-state index in [4.69, 9.17) is 5.73 Å². The van der Waals surface area contributed by atoms with Crippen molar-refractivity contribution in [3.8, 4) is 0 Å². The Morgan fingerprint density at radius 1 is 1.00 bits per heavy atom. The number of likely N-dealkylation sites (tertiary alicyclic amines) is 1. The number of benzene rings is 2. The first-order valence-electron chi connectivity index (χ1n) is 12.8. The van der Waals surface area contributed by atoms with E-state index < -0.39 is 11.4 Å². The number of nitrogens with two attached hydrogens (primary N) is 1. The lowest BCUT2D eigenvalue weighted by molar-refractivity contribution is -0.125. The van der Waals surface area contributed by atoms with Crippen LogP contribution >= 0.6 is 0 Å². The zero-order valence-electron chi connectivity index (χ0n) is 20.2. The predicted molar refractivity (Wildman–Crippen MR) is 134 cm³/mol. The van der Waals surface area contributed by atoms with Crippen molar-refractivity contribution in [1.29, 1.82) is 0 Å². The van der Waals surface area contributed by atoms with Gasteiger partial charge in [-0.25, -0.2) is 4.79 Å². The summed E-state index contributed by atoms with van der Waals surface area (Å²) in [5, 5.41) is 0. The highest BCUT2D eigenvalue weighted by atomic mass is 16.2. The number of piperidine rings is 1. The third-order valence-electron chi connectivity index (χ3n) is 8.75. The molecule has 178 valence electrons. The van der Waals surface area contributed by atoms with E-state index in [9.17, 15) is 9.59 Å². The van der Waals surface area contributed by atoms with Gasteiger partial charge in [-0.15, -0.1) is 0 Å². The molecule has 0 saturated carbocycles. The first kappa shape index (κ1) is 21.7. The van der Waals surface area contributed by atoms with Gasteiger partial charge in [0.1, 0.15) is 5.54 Å². The van der Waals surface area contributed by atoms with Crippen molar-refractivity contribution in [1.82, 2.24) is 14.0 Å². The molecule has 1 amide bonds. The average Bonchev–Trinajstić information content (AvgIpc) is 3.36. The van der Waals surface area contributed by atoms with E-state index in [1.165, 1.54) is 25.7 Å². The Morgan fingerprint density at radius 3 is 2.47 bits per heavy atom. The van der Waals surface area contributed by atoms with Crippen LogP contribution in [0.1, 0.15) is 80.6 Å². The van der Waals surface area contributed by atoms with Gasteiger partial charge in [0.05, 0.1) is 11.0 Å². The standard InChI is InChI=1S/C28H34N4O2/c1-28(2,26(29)33)32-23-12-4-3-11-22(23)31(27(32)34)20-13-15-30(16-14-20)24-17-19-9-5-7-18-8-6-10-21(24)25(18)19/h3-4,6,8,10-12,19-20,24H,5,7,9,13-17H2,1-2H3,(H2,29,33). The number of hydrogen-bond acceptors (Lipinski definition) is 3. The molecule has 1 fully saturated rings. The monoisotopic (exact) mass is 458 g/mol. The molecule has 34 heavy (non-hydrogen) atoms. The number of para-hydroxylation sites is 2. The van der Waals surface area contributed by atoms with Gasteiger partial charge in [0.2, 0.25) is 5.91 Å². The number of hydrogen-bond donors (Lipinski definition) is 1. The van der Waals surface area contributed by atoms with Crippen LogP contribution in [-0.4, -0.2) is 33.0 Å². The van der Waals surface area contributed by atoms with Gasteiger partial charge in [-0.05, 0) is 87.1 Å². The maximum Gasteiger partial charge on any atom is 0.330 e. The lowest BCUT2D eigenvalue weighted by Crippen LogP contribution is -2.47. The lowest BCUT2D eigenvalue weighted by atomic mass is 9.84. The van der Waals surface area contributed by atoms with E-state index in [-0.39, 0.29) is 11.7 Å². The molecule has 2 heterocycles. The Hall–Kier alpha value is -2.86. The largest absolute Gasteiger partial charge is 0.368 e. The summed E-state index contributed by atoms with van der Waals surface area (Å²) in [6.07, 6.45) is 6.96. The predicted octanol–water partition coefficient (Wildman–Crippen LogP) is 4.23. The molecule has 2 atom stereocenters. The molecule has 6 heteroatoms. The normalized spacial score (nSPS) is 23.4. The average molecular weight is 459 g/mol. The number of nitrogens with zero attached hydrogens (tertiary/aromatic N) is 3. The Kier molecular flexibility index (Phi) is 4.99. The van der Waals surface area contributed by atoms with E-state index in [1.54, 1.807) is 35.1 Å². The van der Waals surface area contributed by atoms with Crippen LogP contribution in [0.25, 0.3) is 11.0 Å². The number of primary amides is 1. The summed E-state index contributed by atoms with van der Waals surface area (Å²) in [5.74, 6) is 0.220. The van der Waals surface area contributed by atoms with E-state index in [0.717, 1.165) is 42.9 Å². The number of rotatable bonds is 4. The van der Waals surface area contributed by atoms with Crippen molar-refractivity contribution in [2.75, 3.05) is 13.1 Å². The van der Waals surface area contributed by atoms with Crippen molar-refractivity contribution in [3.05, 3.63) is 69.6 Å². The van der Waals surface area contributed by atoms with Crippen LogP contribution in [0.3, 0.4) is 0 Å². The molecule has 2 unspecified atom stereocenters. The van der Waals surface area contributed by atoms with Crippen molar-refractivity contribution in [2.24, 2.45) is 5.73 Å². The van der Waals surface area contributed by atoms with E-state index in [2.05, 4.69) is 23.1 Å². The van der Waals surface area contributed by atoms with Crippen LogP contribution in [0.4, 0.5) is 0 Å². The summed E-state index contributed by atoms with van der Waals surface area (Å²) < 4.78 is 3.51. The molecule has 1 aromatic heterocycles. The fourth-order valence-electron chi connectivity index (χ4n) is 6.93. The number of amides is 1. The Balaban J connectivity index is 1.30. The van der Waals surface area contributed by atoms with Gasteiger partial charge in [-0.1, -0.05) is 30.3 Å². The van der Waals surface area contributed by atoms with Gasteiger partial charge in [0, 0.05) is 25.2 Å². The number of aryl methyl sites for hydroxylation is 1. The summed E-state index contributed by atoms with van der Waals surface area (Å²) in [7, 11) is 0. The highest BCUT2D eigenvalue weighted by Gasteiger charge is 2.39. The first-order chi connectivity index (χ1) is 16.4. The lowest BCUT2D eigenvalue weighted by Gasteiger charge is -2.37. The van der Waals surface area contributed by atoms with Crippen LogP contribution in [-0.2, 0) is 16.8 Å². The molecule has 2 aliphatic carbocycles. The SMILES string of the molecule is CC(C)(C(N)=O)n1c(=O)n(C2CCN(C3CC4CCCc5cccc3c54)CC2)c2ccccc21. The number of imidazole rings is 1. The molecule has 1 saturated heterocycles. The number of aromatic nitrogens is 2. The molecule has 6 rings (SSSR count). The van der Waals surface area contributed by atoms with Crippen molar-refractivity contribution in [2.45, 2.75) is 75.9 Å². The highest BCUT2D eigenvalue weighted by molar-refractivity contribution is 5.85. The Labute approximate surface area is 200 Å². The summed E-state index contributed by atoms with van der Waals surface area (Å²) in [6.45, 7) is 5.42. The number of carbonyl (C=O) groups is 1.